The molecule has 1 aromatic carbocycles. The third-order valence-electron chi connectivity index (χ3n) is 4.00. The third kappa shape index (κ3) is 7.00. The van der Waals surface area contributed by atoms with Crippen LogP contribution in [0.1, 0.15) is 50.0 Å². The highest BCUT2D eigenvalue weighted by Crippen LogP contribution is 2.47. The van der Waals surface area contributed by atoms with E-state index in [9.17, 15) is 22.8 Å². The summed E-state index contributed by atoms with van der Waals surface area (Å²) >= 11 is -0.188. The summed E-state index contributed by atoms with van der Waals surface area (Å²) in [6.07, 6.45) is 3.08. The highest BCUT2D eigenvalue weighted by Gasteiger charge is 2.33. The smallest absolute Gasteiger partial charge is 0.446 e. The average Bonchev–Trinajstić information content (AvgIpc) is 3.05. The van der Waals surface area contributed by atoms with Gasteiger partial charge in [0, 0.05) is 10.5 Å². The first-order valence-corrected chi connectivity index (χ1v) is 8.78. The van der Waals surface area contributed by atoms with Crippen molar-refractivity contribution in [3.05, 3.63) is 23.8 Å². The Morgan fingerprint density at radius 2 is 1.77 bits per heavy atom. The van der Waals surface area contributed by atoms with Gasteiger partial charge in [-0.1, -0.05) is 18.9 Å². The molecule has 142 valence electrons. The number of rotatable bonds is 6. The van der Waals surface area contributed by atoms with Crippen molar-refractivity contribution in [3.63, 3.8) is 0 Å². The number of hydrogen-bond acceptors (Lipinski definition) is 5. The molecular weight excluding hydrogens is 382 g/mol. The lowest BCUT2D eigenvalue weighted by molar-refractivity contribution is -0.144. The average molecular weight is 403 g/mol. The zero-order valence-electron chi connectivity index (χ0n) is 13.7. The van der Waals surface area contributed by atoms with Crippen LogP contribution in [0.4, 0.5) is 13.2 Å². The van der Waals surface area contributed by atoms with Gasteiger partial charge in [0.2, 0.25) is 0 Å². The minimum Gasteiger partial charge on any atom is -0.469 e. The first kappa shape index (κ1) is 23.1. The van der Waals surface area contributed by atoms with Gasteiger partial charge in [-0.25, -0.2) is 0 Å². The maximum absolute atomic E-state index is 12.9. The van der Waals surface area contributed by atoms with E-state index < -0.39 is 17.4 Å². The van der Waals surface area contributed by atoms with Crippen LogP contribution in [0.15, 0.2) is 23.1 Å². The molecule has 26 heavy (non-hydrogen) atoms. The standard InChI is InChI=1S/C17H19F3O4S.Mg.2H/c1-23-14(21)9-10-15(22)24-12-7-4-8-13(25-17(18,19)20)16(12)11-5-2-3-6-11;;;/h4,7-8,11H,2-3,5-6,9-10H2,1H3;;;. The lowest BCUT2D eigenvalue weighted by atomic mass is 9.96. The molecular formula is C17H21F3MgO4S. The van der Waals surface area contributed by atoms with Crippen molar-refractivity contribution in [2.45, 2.75) is 54.8 Å². The van der Waals surface area contributed by atoms with E-state index in [1.807, 2.05) is 0 Å². The molecule has 0 aromatic heterocycles. The van der Waals surface area contributed by atoms with Crippen molar-refractivity contribution < 1.29 is 32.2 Å². The molecule has 1 aliphatic rings. The molecule has 0 N–H and O–H groups in total. The van der Waals surface area contributed by atoms with Crippen LogP contribution < -0.4 is 4.74 Å². The maximum Gasteiger partial charge on any atom is 0.446 e. The van der Waals surface area contributed by atoms with E-state index in [4.69, 9.17) is 4.74 Å². The Labute approximate surface area is 170 Å². The summed E-state index contributed by atoms with van der Waals surface area (Å²) in [6.45, 7) is 0. The molecule has 9 heteroatoms. The lowest BCUT2D eigenvalue weighted by Crippen LogP contribution is -2.13. The predicted molar refractivity (Wildman–Crippen MR) is 95.0 cm³/mol. The van der Waals surface area contributed by atoms with Crippen molar-refractivity contribution in [2.24, 2.45) is 0 Å². The van der Waals surface area contributed by atoms with Crippen molar-refractivity contribution in [2.75, 3.05) is 7.11 Å². The SMILES string of the molecule is COC(=O)CCC(=O)Oc1cccc(SC(F)(F)F)c1C1CCCC1.[MgH2]. The van der Waals surface area contributed by atoms with Gasteiger partial charge in [0.15, 0.2) is 0 Å². The van der Waals surface area contributed by atoms with Crippen LogP contribution in [0.3, 0.4) is 0 Å². The number of thioether (sulfide) groups is 1. The Balaban J connectivity index is 0.00000338. The molecule has 1 aliphatic carbocycles. The van der Waals surface area contributed by atoms with Crippen molar-refractivity contribution in [3.8, 4) is 5.75 Å². The van der Waals surface area contributed by atoms with Gasteiger partial charge in [-0.3, -0.25) is 9.59 Å². The fourth-order valence-corrected chi connectivity index (χ4v) is 3.70. The molecule has 0 heterocycles. The maximum atomic E-state index is 12.9. The van der Waals surface area contributed by atoms with Crippen molar-refractivity contribution in [1.29, 1.82) is 0 Å². The molecule has 0 bridgehead atoms. The van der Waals surface area contributed by atoms with E-state index in [0.29, 0.717) is 5.56 Å². The van der Waals surface area contributed by atoms with Crippen LogP contribution in [0, 0.1) is 0 Å². The van der Waals surface area contributed by atoms with Crippen molar-refractivity contribution in [1.82, 2.24) is 0 Å². The number of carbonyl (C=O) groups is 2. The summed E-state index contributed by atoms with van der Waals surface area (Å²) in [4.78, 5) is 23.1. The predicted octanol–water partition coefficient (Wildman–Crippen LogP) is 3.90. The fourth-order valence-electron chi connectivity index (χ4n) is 2.92. The molecule has 0 atom stereocenters. The first-order valence-electron chi connectivity index (χ1n) is 7.96. The Kier molecular flexibility index (Phi) is 9.25. The molecule has 4 nitrogen and oxygen atoms in total. The highest BCUT2D eigenvalue weighted by atomic mass is 32.2. The molecule has 1 aromatic rings. The monoisotopic (exact) mass is 402 g/mol. The number of carbonyl (C=O) groups excluding carboxylic acids is 2. The fraction of sp³-hybridized carbons (Fsp3) is 0.529. The number of esters is 2. The first-order chi connectivity index (χ1) is 11.8. The van der Waals surface area contributed by atoms with E-state index in [0.717, 1.165) is 25.7 Å². The second kappa shape index (κ2) is 10.4. The number of hydrogen-bond donors (Lipinski definition) is 0. The summed E-state index contributed by atoms with van der Waals surface area (Å²) in [6, 6.07) is 4.34. The van der Waals surface area contributed by atoms with Crippen LogP contribution in [0.2, 0.25) is 0 Å². The molecule has 0 spiro atoms. The Morgan fingerprint density at radius 1 is 1.15 bits per heavy atom. The zero-order chi connectivity index (χ0) is 18.4. The largest absolute Gasteiger partial charge is 0.469 e. The van der Waals surface area contributed by atoms with Crippen LogP contribution in [0.25, 0.3) is 0 Å². The summed E-state index contributed by atoms with van der Waals surface area (Å²) in [7, 11) is 1.21. The van der Waals surface area contributed by atoms with Gasteiger partial charge in [0.05, 0.1) is 20.0 Å². The van der Waals surface area contributed by atoms with Crippen molar-refractivity contribution >= 4 is 46.8 Å². The summed E-state index contributed by atoms with van der Waals surface area (Å²) in [5.74, 6) is -1.13. The summed E-state index contributed by atoms with van der Waals surface area (Å²) < 4.78 is 48.3. The van der Waals surface area contributed by atoms with E-state index in [2.05, 4.69) is 4.74 Å². The number of halogens is 3. The number of ether oxygens (including phenoxy) is 2. The van der Waals surface area contributed by atoms with Gasteiger partial charge in [-0.2, -0.15) is 13.2 Å². The highest BCUT2D eigenvalue weighted by molar-refractivity contribution is 8.00. The molecule has 1 fully saturated rings. The normalized spacial score (nSPS) is 14.6. The molecule has 2 rings (SSSR count). The number of alkyl halides is 3. The van der Waals surface area contributed by atoms with Gasteiger partial charge in [-0.15, -0.1) is 0 Å². The minimum absolute atomic E-state index is 0. The quantitative estimate of drug-likeness (QED) is 0.313. The Morgan fingerprint density at radius 3 is 2.35 bits per heavy atom. The molecule has 1 saturated carbocycles. The zero-order valence-corrected chi connectivity index (χ0v) is 14.5. The van der Waals surface area contributed by atoms with Crippen LogP contribution in [-0.4, -0.2) is 47.6 Å². The minimum atomic E-state index is -4.42. The van der Waals surface area contributed by atoms with E-state index >= 15 is 0 Å². The Hall–Kier alpha value is -0.934. The van der Waals surface area contributed by atoms with Crippen LogP contribution in [0.5, 0.6) is 5.75 Å². The lowest BCUT2D eigenvalue weighted by Gasteiger charge is -2.19. The second-order valence-electron chi connectivity index (χ2n) is 5.75. The molecule has 0 aliphatic heterocycles. The topological polar surface area (TPSA) is 52.6 Å². The molecule has 0 saturated heterocycles. The van der Waals surface area contributed by atoms with Gasteiger partial charge in [0.25, 0.3) is 0 Å². The Bertz CT molecular complexity index is 631. The van der Waals surface area contributed by atoms with Gasteiger partial charge < -0.3 is 9.47 Å². The van der Waals surface area contributed by atoms with E-state index in [-0.39, 0.29) is 64.2 Å². The third-order valence-corrected chi connectivity index (χ3v) is 4.81. The number of methoxy groups -OCH3 is 1. The molecule has 0 unspecified atom stereocenters. The summed E-state index contributed by atoms with van der Waals surface area (Å²) in [5.41, 5.74) is -3.98. The van der Waals surface area contributed by atoms with Gasteiger partial charge in [-0.05, 0) is 42.7 Å². The van der Waals surface area contributed by atoms with Crippen LogP contribution >= 0.6 is 11.8 Å². The van der Waals surface area contributed by atoms with E-state index in [1.54, 1.807) is 0 Å². The second-order valence-corrected chi connectivity index (χ2v) is 6.85. The molecule has 0 amide bonds. The van der Waals surface area contributed by atoms with Gasteiger partial charge >= 0.3 is 40.5 Å². The van der Waals surface area contributed by atoms with Crippen LogP contribution in [-0.2, 0) is 14.3 Å². The van der Waals surface area contributed by atoms with Gasteiger partial charge in [0.1, 0.15) is 5.75 Å². The molecule has 0 radical (unpaired) electrons. The van der Waals surface area contributed by atoms with E-state index in [1.165, 1.54) is 25.3 Å². The summed E-state index contributed by atoms with van der Waals surface area (Å²) in [5, 5.41) is 0. The number of benzene rings is 1.